The van der Waals surface area contributed by atoms with E-state index in [1.54, 1.807) is 6.07 Å². The van der Waals surface area contributed by atoms with Crippen LogP contribution in [-0.4, -0.2) is 39.3 Å². The van der Waals surface area contributed by atoms with E-state index in [2.05, 4.69) is 11.7 Å². The number of nitrogens with zero attached hydrogens (tertiary/aromatic N) is 3. The van der Waals surface area contributed by atoms with Crippen LogP contribution >= 0.6 is 0 Å². The Morgan fingerprint density at radius 1 is 1.09 bits per heavy atom. The summed E-state index contributed by atoms with van der Waals surface area (Å²) in [6.45, 7) is 3.31. The number of carbonyl (C=O) groups is 3. The summed E-state index contributed by atoms with van der Waals surface area (Å²) in [6, 6.07) is 10.3. The molecule has 7 heteroatoms. The normalized spacial score (nSPS) is 14.7. The molecule has 0 atom stereocenters. The molecule has 7 nitrogen and oxygen atoms in total. The van der Waals surface area contributed by atoms with E-state index in [4.69, 9.17) is 4.52 Å². The molecule has 1 saturated heterocycles. The molecular formula is C16H13N3O4. The van der Waals surface area contributed by atoms with Crippen molar-refractivity contribution < 1.29 is 18.9 Å². The highest BCUT2D eigenvalue weighted by atomic mass is 16.5. The number of urea groups is 1. The number of carbonyl (C=O) groups excluding carboxylic acids is 3. The lowest BCUT2D eigenvalue weighted by atomic mass is 10.1. The van der Waals surface area contributed by atoms with E-state index in [1.807, 2.05) is 30.3 Å². The highest BCUT2D eigenvalue weighted by Gasteiger charge is 2.44. The molecule has 0 spiro atoms. The smallest absolute Gasteiger partial charge is 0.334 e. The van der Waals surface area contributed by atoms with Crippen molar-refractivity contribution in [1.29, 1.82) is 0 Å². The summed E-state index contributed by atoms with van der Waals surface area (Å²) in [6.07, 6.45) is 1.38. The summed E-state index contributed by atoms with van der Waals surface area (Å²) < 4.78 is 5.16. The number of aromatic nitrogens is 1. The van der Waals surface area contributed by atoms with Gasteiger partial charge in [-0.15, -0.1) is 6.58 Å². The summed E-state index contributed by atoms with van der Waals surface area (Å²) in [5.41, 5.74) is 1.44. The quantitative estimate of drug-likeness (QED) is 0.478. The van der Waals surface area contributed by atoms with Crippen LogP contribution in [-0.2, 0) is 16.1 Å². The minimum Gasteiger partial charge on any atom is -0.359 e. The molecule has 0 N–H and O–H groups in total. The van der Waals surface area contributed by atoms with E-state index in [-0.39, 0.29) is 13.1 Å². The maximum absolute atomic E-state index is 12.1. The van der Waals surface area contributed by atoms with Gasteiger partial charge < -0.3 is 4.52 Å². The third kappa shape index (κ3) is 2.64. The summed E-state index contributed by atoms with van der Waals surface area (Å²) in [4.78, 5) is 37.4. The molecular weight excluding hydrogens is 298 g/mol. The third-order valence-electron chi connectivity index (χ3n) is 3.39. The Bertz CT molecular complexity index is 782. The Morgan fingerprint density at radius 3 is 2.48 bits per heavy atom. The second-order valence-electron chi connectivity index (χ2n) is 4.92. The van der Waals surface area contributed by atoms with Crippen LogP contribution in [0.5, 0.6) is 0 Å². The van der Waals surface area contributed by atoms with Gasteiger partial charge in [0.25, 0.3) is 0 Å². The lowest BCUT2D eigenvalue weighted by Gasteiger charge is -2.12. The monoisotopic (exact) mass is 311 g/mol. The van der Waals surface area contributed by atoms with E-state index < -0.39 is 17.8 Å². The van der Waals surface area contributed by atoms with E-state index in [0.717, 1.165) is 15.4 Å². The fourth-order valence-electron chi connectivity index (χ4n) is 2.27. The molecule has 3 rings (SSSR count). The highest BCUT2D eigenvalue weighted by Crippen LogP contribution is 2.21. The fourth-order valence-corrected chi connectivity index (χ4v) is 2.27. The van der Waals surface area contributed by atoms with Crippen molar-refractivity contribution in [3.8, 4) is 11.3 Å². The van der Waals surface area contributed by atoms with Gasteiger partial charge in [-0.3, -0.25) is 14.5 Å². The number of benzene rings is 1. The number of amides is 4. The van der Waals surface area contributed by atoms with Gasteiger partial charge >= 0.3 is 17.8 Å². The average molecular weight is 311 g/mol. The molecule has 0 radical (unpaired) electrons. The first kappa shape index (κ1) is 14.7. The minimum atomic E-state index is -0.880. The first-order chi connectivity index (χ1) is 11.1. The third-order valence-corrected chi connectivity index (χ3v) is 3.39. The summed E-state index contributed by atoms with van der Waals surface area (Å²) in [7, 11) is 0. The molecule has 0 bridgehead atoms. The molecule has 116 valence electrons. The van der Waals surface area contributed by atoms with Crippen LogP contribution in [0.1, 0.15) is 5.76 Å². The molecule has 1 fully saturated rings. The predicted molar refractivity (Wildman–Crippen MR) is 79.8 cm³/mol. The topological polar surface area (TPSA) is 83.7 Å². The van der Waals surface area contributed by atoms with Gasteiger partial charge in [0.05, 0.1) is 6.54 Å². The van der Waals surface area contributed by atoms with E-state index in [9.17, 15) is 14.4 Å². The average Bonchev–Trinajstić information content (AvgIpc) is 3.11. The Labute approximate surface area is 131 Å². The van der Waals surface area contributed by atoms with E-state index >= 15 is 0 Å². The Morgan fingerprint density at radius 2 is 1.78 bits per heavy atom. The predicted octanol–water partition coefficient (Wildman–Crippen LogP) is 1.82. The van der Waals surface area contributed by atoms with Crippen LogP contribution in [0.15, 0.2) is 53.6 Å². The number of hydrogen-bond donors (Lipinski definition) is 0. The Balaban J connectivity index is 1.79. The van der Waals surface area contributed by atoms with Crippen molar-refractivity contribution >= 4 is 17.8 Å². The number of imide groups is 2. The molecule has 0 aliphatic carbocycles. The van der Waals surface area contributed by atoms with Gasteiger partial charge in [0, 0.05) is 18.2 Å². The lowest BCUT2D eigenvalue weighted by molar-refractivity contribution is -0.143. The molecule has 1 aliphatic heterocycles. The zero-order valence-corrected chi connectivity index (χ0v) is 12.1. The van der Waals surface area contributed by atoms with Gasteiger partial charge in [-0.05, 0) is 0 Å². The minimum absolute atomic E-state index is 0.00836. The van der Waals surface area contributed by atoms with Gasteiger partial charge in [0.1, 0.15) is 5.69 Å². The summed E-state index contributed by atoms with van der Waals surface area (Å²) in [5, 5.41) is 3.91. The van der Waals surface area contributed by atoms with Crippen LogP contribution in [0.4, 0.5) is 4.79 Å². The highest BCUT2D eigenvalue weighted by molar-refractivity contribution is 6.44. The zero-order valence-electron chi connectivity index (χ0n) is 12.1. The Hall–Kier alpha value is -3.22. The van der Waals surface area contributed by atoms with Gasteiger partial charge in [-0.1, -0.05) is 41.6 Å². The maximum Gasteiger partial charge on any atom is 0.334 e. The molecule has 2 heterocycles. The van der Waals surface area contributed by atoms with Crippen LogP contribution in [0.25, 0.3) is 11.3 Å². The second-order valence-corrected chi connectivity index (χ2v) is 4.92. The van der Waals surface area contributed by atoms with E-state index in [1.165, 1.54) is 6.08 Å². The molecule has 2 aromatic rings. The van der Waals surface area contributed by atoms with Gasteiger partial charge in [0.2, 0.25) is 0 Å². The van der Waals surface area contributed by atoms with Gasteiger partial charge in [0.15, 0.2) is 5.76 Å². The van der Waals surface area contributed by atoms with Crippen LogP contribution in [0.3, 0.4) is 0 Å². The second kappa shape index (κ2) is 5.88. The molecule has 23 heavy (non-hydrogen) atoms. The molecule has 1 aromatic heterocycles. The fraction of sp³-hybridized carbons (Fsp3) is 0.125. The van der Waals surface area contributed by atoms with Crippen molar-refractivity contribution in [2.75, 3.05) is 6.54 Å². The number of hydrogen-bond acceptors (Lipinski definition) is 5. The van der Waals surface area contributed by atoms with Crippen LogP contribution in [0.2, 0.25) is 0 Å². The van der Waals surface area contributed by atoms with Crippen molar-refractivity contribution in [2.24, 2.45) is 0 Å². The summed E-state index contributed by atoms with van der Waals surface area (Å²) in [5.74, 6) is -1.42. The van der Waals surface area contributed by atoms with Gasteiger partial charge in [-0.2, -0.15) is 0 Å². The first-order valence-electron chi connectivity index (χ1n) is 6.91. The zero-order chi connectivity index (χ0) is 16.4. The largest absolute Gasteiger partial charge is 0.359 e. The van der Waals surface area contributed by atoms with Crippen molar-refractivity contribution in [2.45, 2.75) is 6.54 Å². The molecule has 0 saturated carbocycles. The van der Waals surface area contributed by atoms with Crippen molar-refractivity contribution in [1.82, 2.24) is 15.0 Å². The van der Waals surface area contributed by atoms with Gasteiger partial charge in [-0.25, -0.2) is 9.69 Å². The molecule has 1 aromatic carbocycles. The van der Waals surface area contributed by atoms with Crippen molar-refractivity contribution in [3.05, 3.63) is 54.8 Å². The number of rotatable bonds is 5. The van der Waals surface area contributed by atoms with Crippen LogP contribution in [0, 0.1) is 0 Å². The molecule has 1 aliphatic rings. The molecule has 0 unspecified atom stereocenters. The summed E-state index contributed by atoms with van der Waals surface area (Å²) >= 11 is 0. The maximum atomic E-state index is 12.1. The Kier molecular flexibility index (Phi) is 3.76. The SMILES string of the molecule is C=CCN1C(=O)C(=O)N(Cc2cc(-c3ccccc3)no2)C1=O. The first-order valence-corrected chi connectivity index (χ1v) is 6.91. The lowest BCUT2D eigenvalue weighted by Crippen LogP contribution is -2.33. The van der Waals surface area contributed by atoms with E-state index in [0.29, 0.717) is 11.5 Å². The molecule has 4 amide bonds. The standard InChI is InChI=1S/C16H13N3O4/c1-2-8-18-14(20)15(21)19(16(18)22)10-12-9-13(17-23-12)11-6-4-3-5-7-11/h2-7,9H,1,8,10H2. The van der Waals surface area contributed by atoms with Crippen molar-refractivity contribution in [3.63, 3.8) is 0 Å². The van der Waals surface area contributed by atoms with Crippen LogP contribution < -0.4 is 0 Å².